The molecule has 0 aliphatic heterocycles. The average Bonchev–Trinajstić information content (AvgIpc) is 2.27. The molecule has 2 N–H and O–H groups in total. The fraction of sp³-hybridized carbons (Fsp3) is 0.933. The Labute approximate surface area is 115 Å². The Morgan fingerprint density at radius 2 is 1.95 bits per heavy atom. The lowest BCUT2D eigenvalue weighted by atomic mass is 9.60. The second-order valence-electron chi connectivity index (χ2n) is 6.88. The van der Waals surface area contributed by atoms with E-state index in [-0.39, 0.29) is 11.3 Å². The number of hydrogen-bond donors (Lipinski definition) is 2. The van der Waals surface area contributed by atoms with Crippen molar-refractivity contribution in [1.82, 2.24) is 5.32 Å². The molecule has 2 saturated carbocycles. The molecule has 0 heterocycles. The summed E-state index contributed by atoms with van der Waals surface area (Å²) in [4.78, 5) is 11.4. The number of carboxylic acids is 1. The summed E-state index contributed by atoms with van der Waals surface area (Å²) < 4.78 is 5.30. The maximum atomic E-state index is 11.4. The molecule has 0 spiro atoms. The molecule has 2 rings (SSSR count). The van der Waals surface area contributed by atoms with Crippen LogP contribution in [0.1, 0.15) is 46.5 Å². The summed E-state index contributed by atoms with van der Waals surface area (Å²) in [6.07, 6.45) is 4.34. The summed E-state index contributed by atoms with van der Waals surface area (Å²) in [5.74, 6) is -0.476. The largest absolute Gasteiger partial charge is 0.481 e. The van der Waals surface area contributed by atoms with Gasteiger partial charge in [0.2, 0.25) is 0 Å². The lowest BCUT2D eigenvalue weighted by molar-refractivity contribution is -0.150. The molecule has 19 heavy (non-hydrogen) atoms. The fourth-order valence-corrected chi connectivity index (χ4v) is 3.67. The number of carbonyl (C=O) groups is 1. The van der Waals surface area contributed by atoms with Crippen LogP contribution in [0.2, 0.25) is 0 Å². The molecule has 4 nitrogen and oxygen atoms in total. The minimum Gasteiger partial charge on any atom is -0.481 e. The summed E-state index contributed by atoms with van der Waals surface area (Å²) >= 11 is 0. The monoisotopic (exact) mass is 269 g/mol. The van der Waals surface area contributed by atoms with Gasteiger partial charge in [-0.3, -0.25) is 4.79 Å². The van der Waals surface area contributed by atoms with Crippen LogP contribution in [-0.4, -0.2) is 36.4 Å². The Morgan fingerprint density at radius 3 is 2.47 bits per heavy atom. The van der Waals surface area contributed by atoms with Crippen LogP contribution in [0.5, 0.6) is 0 Å². The molecule has 0 aromatic rings. The van der Waals surface area contributed by atoms with E-state index >= 15 is 0 Å². The zero-order valence-corrected chi connectivity index (χ0v) is 12.5. The standard InChI is InChI=1S/C15H27NO3/c1-9-13(16-10-7-11(8-10)19-4)6-5-12(14(17)18)15(9,2)3/h9-13,16H,5-8H2,1-4H3,(H,17,18). The van der Waals surface area contributed by atoms with Gasteiger partial charge in [-0.15, -0.1) is 0 Å². The quantitative estimate of drug-likeness (QED) is 0.822. The van der Waals surface area contributed by atoms with E-state index in [1.54, 1.807) is 7.11 Å². The molecular weight excluding hydrogens is 242 g/mol. The first-order valence-corrected chi connectivity index (χ1v) is 7.38. The van der Waals surface area contributed by atoms with E-state index in [4.69, 9.17) is 4.74 Å². The lowest BCUT2D eigenvalue weighted by Gasteiger charge is -2.49. The molecule has 2 aliphatic rings. The van der Waals surface area contributed by atoms with Crippen molar-refractivity contribution in [3.05, 3.63) is 0 Å². The molecule has 2 aliphatic carbocycles. The lowest BCUT2D eigenvalue weighted by Crippen LogP contribution is -2.56. The Kier molecular flexibility index (Phi) is 4.21. The molecule has 0 saturated heterocycles. The molecule has 0 aromatic heterocycles. The van der Waals surface area contributed by atoms with Gasteiger partial charge in [0.15, 0.2) is 0 Å². The van der Waals surface area contributed by atoms with Crippen LogP contribution in [0.25, 0.3) is 0 Å². The van der Waals surface area contributed by atoms with E-state index in [9.17, 15) is 9.90 Å². The van der Waals surface area contributed by atoms with E-state index in [0.29, 0.717) is 24.1 Å². The number of carboxylic acid groups (broad SMARTS) is 1. The number of rotatable bonds is 4. The van der Waals surface area contributed by atoms with Crippen molar-refractivity contribution < 1.29 is 14.6 Å². The first-order valence-electron chi connectivity index (χ1n) is 7.38. The van der Waals surface area contributed by atoms with Crippen molar-refractivity contribution in [3.63, 3.8) is 0 Å². The summed E-state index contributed by atoms with van der Waals surface area (Å²) in [6, 6.07) is 0.989. The summed E-state index contributed by atoms with van der Waals surface area (Å²) in [7, 11) is 1.77. The van der Waals surface area contributed by atoms with Gasteiger partial charge < -0.3 is 15.2 Å². The Morgan fingerprint density at radius 1 is 1.32 bits per heavy atom. The van der Waals surface area contributed by atoms with E-state index in [1.807, 2.05) is 0 Å². The highest BCUT2D eigenvalue weighted by Crippen LogP contribution is 2.45. The maximum Gasteiger partial charge on any atom is 0.307 e. The van der Waals surface area contributed by atoms with E-state index < -0.39 is 5.97 Å². The highest BCUT2D eigenvalue weighted by molar-refractivity contribution is 5.71. The number of hydrogen-bond acceptors (Lipinski definition) is 3. The van der Waals surface area contributed by atoms with Gasteiger partial charge >= 0.3 is 5.97 Å². The molecule has 3 atom stereocenters. The maximum absolute atomic E-state index is 11.4. The molecule has 0 bridgehead atoms. The molecule has 0 radical (unpaired) electrons. The molecule has 110 valence electrons. The van der Waals surface area contributed by atoms with Crippen molar-refractivity contribution in [3.8, 4) is 0 Å². The average molecular weight is 269 g/mol. The third-order valence-electron chi connectivity index (χ3n) is 5.62. The van der Waals surface area contributed by atoms with Crippen LogP contribution in [0, 0.1) is 17.3 Å². The number of ether oxygens (including phenoxy) is 1. The summed E-state index contributed by atoms with van der Waals surface area (Å²) in [5, 5.41) is 13.1. The minimum atomic E-state index is -0.640. The molecule has 2 fully saturated rings. The van der Waals surface area contributed by atoms with Crippen LogP contribution < -0.4 is 5.32 Å². The molecule has 4 heteroatoms. The topological polar surface area (TPSA) is 58.6 Å². The Balaban J connectivity index is 1.92. The second-order valence-corrected chi connectivity index (χ2v) is 6.88. The first kappa shape index (κ1) is 14.8. The van der Waals surface area contributed by atoms with Gasteiger partial charge in [0.05, 0.1) is 12.0 Å². The van der Waals surface area contributed by atoms with Crippen LogP contribution in [0.15, 0.2) is 0 Å². The van der Waals surface area contributed by atoms with Crippen molar-refractivity contribution in [2.24, 2.45) is 17.3 Å². The highest BCUT2D eigenvalue weighted by atomic mass is 16.5. The van der Waals surface area contributed by atoms with E-state index in [2.05, 4.69) is 26.1 Å². The third kappa shape index (κ3) is 2.79. The van der Waals surface area contributed by atoms with Gasteiger partial charge in [0, 0.05) is 19.2 Å². The predicted molar refractivity (Wildman–Crippen MR) is 74.0 cm³/mol. The normalized spacial score (nSPS) is 41.6. The first-order chi connectivity index (χ1) is 8.86. The fourth-order valence-electron chi connectivity index (χ4n) is 3.67. The molecule has 0 amide bonds. The minimum absolute atomic E-state index is 0.147. The second kappa shape index (κ2) is 5.41. The highest BCUT2D eigenvalue weighted by Gasteiger charge is 2.47. The van der Waals surface area contributed by atoms with Crippen molar-refractivity contribution in [1.29, 1.82) is 0 Å². The van der Waals surface area contributed by atoms with Crippen molar-refractivity contribution in [2.75, 3.05) is 7.11 Å². The van der Waals surface area contributed by atoms with Gasteiger partial charge in [-0.1, -0.05) is 20.8 Å². The van der Waals surface area contributed by atoms with Crippen LogP contribution in [-0.2, 0) is 9.53 Å². The van der Waals surface area contributed by atoms with Gasteiger partial charge in [0.1, 0.15) is 0 Å². The zero-order chi connectivity index (χ0) is 14.2. The SMILES string of the molecule is COC1CC(NC2CCC(C(=O)O)C(C)(C)C2C)C1. The van der Waals surface area contributed by atoms with Crippen molar-refractivity contribution >= 4 is 5.97 Å². The number of nitrogens with one attached hydrogen (secondary N) is 1. The Bertz CT molecular complexity index is 336. The van der Waals surface area contributed by atoms with E-state index in [1.165, 1.54) is 0 Å². The van der Waals surface area contributed by atoms with Crippen LogP contribution in [0.3, 0.4) is 0 Å². The molecule has 0 aromatic carbocycles. The molecule has 3 unspecified atom stereocenters. The van der Waals surface area contributed by atoms with Crippen LogP contribution in [0.4, 0.5) is 0 Å². The van der Waals surface area contributed by atoms with Gasteiger partial charge in [0.25, 0.3) is 0 Å². The number of methoxy groups -OCH3 is 1. The van der Waals surface area contributed by atoms with Gasteiger partial charge in [-0.05, 0) is 37.0 Å². The Hall–Kier alpha value is -0.610. The molecular formula is C15H27NO3. The smallest absolute Gasteiger partial charge is 0.307 e. The third-order valence-corrected chi connectivity index (χ3v) is 5.62. The summed E-state index contributed by atoms with van der Waals surface area (Å²) in [5.41, 5.74) is -0.147. The van der Waals surface area contributed by atoms with Crippen molar-refractivity contribution in [2.45, 2.75) is 64.6 Å². The van der Waals surface area contributed by atoms with Gasteiger partial charge in [-0.2, -0.15) is 0 Å². The van der Waals surface area contributed by atoms with E-state index in [0.717, 1.165) is 25.7 Å². The summed E-state index contributed by atoms with van der Waals surface area (Å²) in [6.45, 7) is 6.39. The predicted octanol–water partition coefficient (Wildman–Crippen LogP) is 2.28. The number of aliphatic carboxylic acids is 1. The van der Waals surface area contributed by atoms with Crippen LogP contribution >= 0.6 is 0 Å². The zero-order valence-electron chi connectivity index (χ0n) is 12.5. The van der Waals surface area contributed by atoms with Gasteiger partial charge in [-0.25, -0.2) is 0 Å².